The molecule has 2 heteroatoms. The Morgan fingerprint density at radius 1 is 1.36 bits per heavy atom. The first-order valence-corrected chi connectivity index (χ1v) is 5.34. The van der Waals surface area contributed by atoms with Gasteiger partial charge in [-0.05, 0) is 39.8 Å². The van der Waals surface area contributed by atoms with E-state index in [-0.39, 0.29) is 11.2 Å². The topological polar surface area (TPSA) is 17.1 Å². The maximum atomic E-state index is 11.0. The Balaban J connectivity index is 2.87. The smallest absolute Gasteiger partial charge is 0.169 e. The molecule has 0 saturated heterocycles. The number of Topliss-reactive ketones (excluding diaryl/α,β-unsaturated/α-hetero) is 1. The van der Waals surface area contributed by atoms with E-state index in [2.05, 4.69) is 32.6 Å². The number of hydrogen-bond donors (Lipinski definition) is 0. The van der Waals surface area contributed by atoms with E-state index in [1.165, 1.54) is 11.3 Å². The van der Waals surface area contributed by atoms with Crippen molar-refractivity contribution in [2.24, 2.45) is 5.41 Å². The number of carbonyl (C=O) groups excluding carboxylic acids is 1. The molecule has 0 radical (unpaired) electrons. The molecule has 1 nitrogen and oxygen atoms in total. The normalized spacial score (nSPS) is 10.6. The third-order valence-corrected chi connectivity index (χ3v) is 2.62. The average Bonchev–Trinajstić information content (AvgIpc) is 2.47. The minimum Gasteiger partial charge on any atom is -0.294 e. The molecule has 1 rings (SSSR count). The molecule has 0 bridgehead atoms. The van der Waals surface area contributed by atoms with Gasteiger partial charge in [0.2, 0.25) is 0 Å². The summed E-state index contributed by atoms with van der Waals surface area (Å²) in [5.41, 5.74) is 0.0143. The molecule has 1 aromatic rings. The van der Waals surface area contributed by atoms with Crippen molar-refractivity contribution in [2.45, 2.75) is 27.7 Å². The van der Waals surface area contributed by atoms with Gasteiger partial charge >= 0.3 is 0 Å². The van der Waals surface area contributed by atoms with Crippen molar-refractivity contribution in [1.29, 1.82) is 0 Å². The van der Waals surface area contributed by atoms with Crippen LogP contribution in [-0.4, -0.2) is 5.78 Å². The van der Waals surface area contributed by atoms with Gasteiger partial charge in [-0.1, -0.05) is 11.8 Å². The summed E-state index contributed by atoms with van der Waals surface area (Å²) in [6.45, 7) is 7.78. The summed E-state index contributed by atoms with van der Waals surface area (Å²) in [5, 5.41) is 0. The Kier molecular flexibility index (Phi) is 3.13. The number of carbonyl (C=O) groups is 1. The number of ketones is 1. The first-order chi connectivity index (χ1) is 6.38. The molecule has 0 aliphatic carbocycles. The van der Waals surface area contributed by atoms with Crippen molar-refractivity contribution in [3.8, 4) is 11.8 Å². The van der Waals surface area contributed by atoms with Crippen LogP contribution in [0.3, 0.4) is 0 Å². The van der Waals surface area contributed by atoms with Crippen LogP contribution in [-0.2, 0) is 0 Å². The molecule has 0 N–H and O–H groups in total. The van der Waals surface area contributed by atoms with E-state index in [0.29, 0.717) is 0 Å². The maximum Gasteiger partial charge on any atom is 0.169 e. The van der Waals surface area contributed by atoms with Gasteiger partial charge in [-0.3, -0.25) is 4.79 Å². The van der Waals surface area contributed by atoms with E-state index in [9.17, 15) is 4.79 Å². The lowest BCUT2D eigenvalue weighted by atomic mass is 9.98. The Morgan fingerprint density at radius 3 is 2.43 bits per heavy atom. The fraction of sp³-hybridized carbons (Fsp3) is 0.417. The van der Waals surface area contributed by atoms with E-state index in [0.717, 1.165) is 9.75 Å². The monoisotopic (exact) mass is 206 g/mol. The van der Waals surface area contributed by atoms with Crippen molar-refractivity contribution in [3.05, 3.63) is 21.9 Å². The second-order valence-electron chi connectivity index (χ2n) is 4.22. The molecule has 14 heavy (non-hydrogen) atoms. The SMILES string of the molecule is CC(=O)c1ccc(C#CC(C)(C)C)s1. The van der Waals surface area contributed by atoms with Crippen molar-refractivity contribution in [3.63, 3.8) is 0 Å². The van der Waals surface area contributed by atoms with Gasteiger partial charge in [-0.25, -0.2) is 0 Å². The summed E-state index contributed by atoms with van der Waals surface area (Å²) in [5.74, 6) is 6.33. The molecular weight excluding hydrogens is 192 g/mol. The van der Waals surface area contributed by atoms with Gasteiger partial charge in [0, 0.05) is 5.41 Å². The van der Waals surface area contributed by atoms with Gasteiger partial charge in [-0.2, -0.15) is 0 Å². The lowest BCUT2D eigenvalue weighted by molar-refractivity contribution is 0.102. The van der Waals surface area contributed by atoms with Crippen molar-refractivity contribution >= 4 is 17.1 Å². The van der Waals surface area contributed by atoms with Crippen molar-refractivity contribution in [2.75, 3.05) is 0 Å². The molecule has 0 atom stereocenters. The molecule has 74 valence electrons. The largest absolute Gasteiger partial charge is 0.294 e. The van der Waals surface area contributed by atoms with Crippen LogP contribution in [0.4, 0.5) is 0 Å². The van der Waals surface area contributed by atoms with Gasteiger partial charge in [0.15, 0.2) is 5.78 Å². The fourth-order valence-electron chi connectivity index (χ4n) is 0.843. The first-order valence-electron chi connectivity index (χ1n) is 4.52. The number of hydrogen-bond acceptors (Lipinski definition) is 2. The van der Waals surface area contributed by atoms with Gasteiger partial charge in [0.1, 0.15) is 0 Å². The highest BCUT2D eigenvalue weighted by molar-refractivity contribution is 7.14. The molecule has 0 spiro atoms. The summed E-state index contributed by atoms with van der Waals surface area (Å²) in [6, 6.07) is 3.74. The van der Waals surface area contributed by atoms with Crippen LogP contribution in [0.15, 0.2) is 12.1 Å². The molecule has 0 saturated carbocycles. The van der Waals surface area contributed by atoms with Gasteiger partial charge in [-0.15, -0.1) is 11.3 Å². The predicted octanol–water partition coefficient (Wildman–Crippen LogP) is 3.35. The lowest BCUT2D eigenvalue weighted by Crippen LogP contribution is -1.98. The third-order valence-electron chi connectivity index (χ3n) is 1.51. The standard InChI is InChI=1S/C12H14OS/c1-9(13)11-6-5-10(14-11)7-8-12(2,3)4/h5-6H,1-4H3. The maximum absolute atomic E-state index is 11.0. The molecule has 0 unspecified atom stereocenters. The van der Waals surface area contributed by atoms with Crippen LogP contribution >= 0.6 is 11.3 Å². The predicted molar refractivity (Wildman–Crippen MR) is 60.7 cm³/mol. The van der Waals surface area contributed by atoms with E-state index < -0.39 is 0 Å². The van der Waals surface area contributed by atoms with Crippen LogP contribution in [0.1, 0.15) is 42.2 Å². The Hall–Kier alpha value is -1.07. The molecule has 0 amide bonds. The Bertz CT molecular complexity index is 396. The molecule has 1 heterocycles. The highest BCUT2D eigenvalue weighted by Gasteiger charge is 2.05. The number of thiophene rings is 1. The van der Waals surface area contributed by atoms with Crippen LogP contribution < -0.4 is 0 Å². The summed E-state index contributed by atoms with van der Waals surface area (Å²) < 4.78 is 0. The summed E-state index contributed by atoms with van der Waals surface area (Å²) in [7, 11) is 0. The zero-order valence-corrected chi connectivity index (χ0v) is 9.79. The molecule has 1 aromatic heterocycles. The summed E-state index contributed by atoms with van der Waals surface area (Å²) in [6.07, 6.45) is 0. The average molecular weight is 206 g/mol. The summed E-state index contributed by atoms with van der Waals surface area (Å²) >= 11 is 1.46. The van der Waals surface area contributed by atoms with E-state index in [1.54, 1.807) is 6.92 Å². The van der Waals surface area contributed by atoms with Gasteiger partial charge in [0.25, 0.3) is 0 Å². The minimum atomic E-state index is 0.0143. The highest BCUT2D eigenvalue weighted by Crippen LogP contribution is 2.17. The van der Waals surface area contributed by atoms with Gasteiger partial charge in [0.05, 0.1) is 9.75 Å². The molecule has 0 fully saturated rings. The zero-order valence-electron chi connectivity index (χ0n) is 8.97. The van der Waals surface area contributed by atoms with Crippen LogP contribution in [0, 0.1) is 17.3 Å². The Morgan fingerprint density at radius 2 is 2.00 bits per heavy atom. The Labute approximate surface area is 89.2 Å². The van der Waals surface area contributed by atoms with E-state index >= 15 is 0 Å². The van der Waals surface area contributed by atoms with Crippen LogP contribution in [0.5, 0.6) is 0 Å². The van der Waals surface area contributed by atoms with Crippen LogP contribution in [0.25, 0.3) is 0 Å². The van der Waals surface area contributed by atoms with E-state index in [1.807, 2.05) is 12.1 Å². The second-order valence-corrected chi connectivity index (χ2v) is 5.30. The van der Waals surface area contributed by atoms with E-state index in [4.69, 9.17) is 0 Å². The summed E-state index contributed by atoms with van der Waals surface area (Å²) in [4.78, 5) is 12.8. The van der Waals surface area contributed by atoms with Crippen molar-refractivity contribution < 1.29 is 4.79 Å². The third kappa shape index (κ3) is 3.35. The minimum absolute atomic E-state index is 0.0143. The highest BCUT2D eigenvalue weighted by atomic mass is 32.1. The first kappa shape index (κ1) is 11.0. The molecule has 0 aliphatic heterocycles. The second kappa shape index (κ2) is 3.98. The fourth-order valence-corrected chi connectivity index (χ4v) is 1.60. The molecule has 0 aliphatic rings. The van der Waals surface area contributed by atoms with Gasteiger partial charge < -0.3 is 0 Å². The zero-order chi connectivity index (χ0) is 10.8. The lowest BCUT2D eigenvalue weighted by Gasteiger charge is -2.06. The van der Waals surface area contributed by atoms with Crippen LogP contribution in [0.2, 0.25) is 0 Å². The molecular formula is C12H14OS. The van der Waals surface area contributed by atoms with Crippen molar-refractivity contribution in [1.82, 2.24) is 0 Å². The number of rotatable bonds is 1. The quantitative estimate of drug-likeness (QED) is 0.508. The molecule has 0 aromatic carbocycles.